The van der Waals surface area contributed by atoms with Gasteiger partial charge in [0.2, 0.25) is 5.91 Å². The van der Waals surface area contributed by atoms with E-state index >= 15 is 0 Å². The molecule has 0 aromatic heterocycles. The van der Waals surface area contributed by atoms with Crippen LogP contribution in [-0.4, -0.2) is 47.4 Å². The van der Waals surface area contributed by atoms with E-state index in [0.717, 1.165) is 38.5 Å². The fourth-order valence-corrected chi connectivity index (χ4v) is 12.9. The van der Waals surface area contributed by atoms with Crippen molar-refractivity contribution in [3.8, 4) is 0 Å². The fourth-order valence-electron chi connectivity index (χ4n) is 12.9. The highest BCUT2D eigenvalue weighted by atomic mass is 16.5. The van der Waals surface area contributed by atoms with Crippen molar-refractivity contribution in [2.45, 2.75) is 475 Å². The molecule has 2 atom stereocenters. The number of unbranched alkanes of at least 4 members (excludes halogenated alkanes) is 64. The number of rotatable bonds is 75. The molecule has 0 aromatic carbocycles. The number of carbonyl (C=O) groups excluding carboxylic acids is 2. The summed E-state index contributed by atoms with van der Waals surface area (Å²) in [6.07, 6.45) is 91.9. The number of esters is 1. The molecule has 0 spiro atoms. The number of carbonyl (C=O) groups is 2. The summed E-state index contributed by atoms with van der Waals surface area (Å²) in [7, 11) is 0. The van der Waals surface area contributed by atoms with Crippen LogP contribution in [-0.2, 0) is 14.3 Å². The Bertz CT molecular complexity index is 1230. The Morgan fingerprint density at radius 3 is 0.726 bits per heavy atom. The first-order valence-electron chi connectivity index (χ1n) is 39.3. The summed E-state index contributed by atoms with van der Waals surface area (Å²) in [6, 6.07) is -0.538. The molecule has 0 saturated heterocycles. The maximum Gasteiger partial charge on any atom is 0.305 e. The van der Waals surface area contributed by atoms with E-state index in [0.29, 0.717) is 25.9 Å². The largest absolute Gasteiger partial charge is 0.466 e. The lowest BCUT2D eigenvalue weighted by Crippen LogP contribution is -2.45. The van der Waals surface area contributed by atoms with Gasteiger partial charge in [0.05, 0.1) is 25.4 Å². The van der Waals surface area contributed by atoms with Crippen LogP contribution in [0.1, 0.15) is 463 Å². The molecule has 502 valence electrons. The number of hydrogen-bond acceptors (Lipinski definition) is 5. The molecule has 0 radical (unpaired) electrons. The number of amides is 1. The van der Waals surface area contributed by atoms with Crippen molar-refractivity contribution in [2.75, 3.05) is 13.2 Å². The highest BCUT2D eigenvalue weighted by Gasteiger charge is 2.20. The SMILES string of the molecule is CCCCCCCCCCCCCCCCCCCCCCCC(O)C(CO)NC(=O)CCCCCCCCCCCCCCCCCCCCCCCCCCCCCCCCCCOC(=O)CCCCCCCCCCCCCCCC. The number of aliphatic hydroxyl groups is 2. The molecule has 84 heavy (non-hydrogen) atoms. The zero-order chi connectivity index (χ0) is 60.6. The minimum atomic E-state index is -0.661. The quantitative estimate of drug-likeness (QED) is 0.0417. The molecule has 0 fully saturated rings. The van der Waals surface area contributed by atoms with Crippen molar-refractivity contribution < 1.29 is 24.5 Å². The molecule has 0 aromatic rings. The zero-order valence-corrected chi connectivity index (χ0v) is 57.7. The summed E-state index contributed by atoms with van der Waals surface area (Å²) >= 11 is 0. The van der Waals surface area contributed by atoms with Crippen LogP contribution in [0, 0.1) is 0 Å². The fraction of sp³-hybridized carbons (Fsp3) is 0.974. The lowest BCUT2D eigenvalue weighted by Gasteiger charge is -2.22. The van der Waals surface area contributed by atoms with Crippen molar-refractivity contribution >= 4 is 11.9 Å². The van der Waals surface area contributed by atoms with Crippen LogP contribution in [0.3, 0.4) is 0 Å². The summed E-state index contributed by atoms with van der Waals surface area (Å²) < 4.78 is 5.50. The van der Waals surface area contributed by atoms with Crippen molar-refractivity contribution in [3.63, 3.8) is 0 Å². The third kappa shape index (κ3) is 70.0. The van der Waals surface area contributed by atoms with Gasteiger partial charge in [-0.05, 0) is 25.7 Å². The van der Waals surface area contributed by atoms with E-state index in [1.807, 2.05) is 0 Å². The van der Waals surface area contributed by atoms with E-state index in [9.17, 15) is 19.8 Å². The van der Waals surface area contributed by atoms with Crippen LogP contribution in [0.15, 0.2) is 0 Å². The van der Waals surface area contributed by atoms with Gasteiger partial charge in [-0.2, -0.15) is 0 Å². The predicted octanol–water partition coefficient (Wildman–Crippen LogP) is 25.7. The number of aliphatic hydroxyl groups excluding tert-OH is 2. The lowest BCUT2D eigenvalue weighted by molar-refractivity contribution is -0.143. The summed E-state index contributed by atoms with van der Waals surface area (Å²) in [5.41, 5.74) is 0. The molecule has 0 aliphatic carbocycles. The monoisotopic (exact) mass is 1190 g/mol. The van der Waals surface area contributed by atoms with Crippen molar-refractivity contribution in [1.29, 1.82) is 0 Å². The minimum Gasteiger partial charge on any atom is -0.466 e. The summed E-state index contributed by atoms with van der Waals surface area (Å²) in [5, 5.41) is 23.5. The van der Waals surface area contributed by atoms with Crippen LogP contribution < -0.4 is 5.32 Å². The first-order chi connectivity index (χ1) is 41.5. The first-order valence-corrected chi connectivity index (χ1v) is 39.3. The molecule has 0 aliphatic heterocycles. The second-order valence-corrected chi connectivity index (χ2v) is 27.4. The smallest absolute Gasteiger partial charge is 0.305 e. The number of ether oxygens (including phenoxy) is 1. The van der Waals surface area contributed by atoms with Gasteiger partial charge in [0.15, 0.2) is 0 Å². The van der Waals surface area contributed by atoms with Crippen LogP contribution >= 0.6 is 0 Å². The number of nitrogens with one attached hydrogen (secondary N) is 1. The predicted molar refractivity (Wildman–Crippen MR) is 371 cm³/mol. The van der Waals surface area contributed by atoms with Crippen molar-refractivity contribution in [2.24, 2.45) is 0 Å². The first kappa shape index (κ1) is 82.9. The molecule has 0 bridgehead atoms. The van der Waals surface area contributed by atoms with Gasteiger partial charge in [0.25, 0.3) is 0 Å². The molecule has 1 amide bonds. The molecule has 0 saturated carbocycles. The van der Waals surface area contributed by atoms with Crippen LogP contribution in [0.4, 0.5) is 0 Å². The van der Waals surface area contributed by atoms with E-state index < -0.39 is 12.1 Å². The zero-order valence-electron chi connectivity index (χ0n) is 57.7. The molecular formula is C78H155NO5. The Morgan fingerprint density at radius 1 is 0.286 bits per heavy atom. The summed E-state index contributed by atoms with van der Waals surface area (Å²) in [6.45, 7) is 5.02. The van der Waals surface area contributed by atoms with Gasteiger partial charge in [-0.15, -0.1) is 0 Å². The van der Waals surface area contributed by atoms with E-state index in [4.69, 9.17) is 4.74 Å². The third-order valence-electron chi connectivity index (χ3n) is 18.9. The second-order valence-electron chi connectivity index (χ2n) is 27.4. The van der Waals surface area contributed by atoms with Gasteiger partial charge in [0.1, 0.15) is 0 Å². The van der Waals surface area contributed by atoms with Gasteiger partial charge in [-0.1, -0.05) is 425 Å². The maximum absolute atomic E-state index is 12.6. The van der Waals surface area contributed by atoms with Crippen LogP contribution in [0.2, 0.25) is 0 Å². The van der Waals surface area contributed by atoms with Gasteiger partial charge >= 0.3 is 5.97 Å². The molecular weight excluding hydrogens is 1030 g/mol. The highest BCUT2D eigenvalue weighted by Crippen LogP contribution is 2.21. The molecule has 3 N–H and O–H groups in total. The average molecular weight is 1190 g/mol. The molecule has 0 rings (SSSR count). The normalized spacial score (nSPS) is 12.4. The van der Waals surface area contributed by atoms with E-state index in [-0.39, 0.29) is 18.5 Å². The van der Waals surface area contributed by atoms with Gasteiger partial charge in [0, 0.05) is 12.8 Å². The molecule has 2 unspecified atom stereocenters. The molecule has 0 aliphatic rings. The molecule has 6 heteroatoms. The van der Waals surface area contributed by atoms with E-state index in [1.165, 1.54) is 392 Å². The van der Waals surface area contributed by atoms with Crippen molar-refractivity contribution in [1.82, 2.24) is 5.32 Å². The third-order valence-corrected chi connectivity index (χ3v) is 18.9. The Morgan fingerprint density at radius 2 is 0.488 bits per heavy atom. The Labute approximate surface area is 527 Å². The van der Waals surface area contributed by atoms with E-state index in [1.54, 1.807) is 0 Å². The van der Waals surface area contributed by atoms with Gasteiger partial charge < -0.3 is 20.3 Å². The highest BCUT2D eigenvalue weighted by molar-refractivity contribution is 5.76. The van der Waals surface area contributed by atoms with Gasteiger partial charge in [-0.25, -0.2) is 0 Å². The van der Waals surface area contributed by atoms with E-state index in [2.05, 4.69) is 19.2 Å². The molecule has 6 nitrogen and oxygen atoms in total. The standard InChI is InChI=1S/C78H155NO5/c1-3-5-7-9-11-13-15-17-19-20-21-34-37-40-43-46-50-54-58-62-66-70-76(81)75(74-80)79-77(82)71-67-63-59-55-51-47-44-41-38-35-32-30-28-26-24-22-23-25-27-29-31-33-36-39-42-45-49-53-57-61-65-69-73-84-78(83)72-68-64-60-56-52-48-18-16-14-12-10-8-6-4-2/h75-76,80-81H,3-74H2,1-2H3,(H,79,82). The molecule has 0 heterocycles. The Balaban J connectivity index is 3.31. The average Bonchev–Trinajstić information content (AvgIpc) is 3.51. The summed E-state index contributed by atoms with van der Waals surface area (Å²) in [4.78, 5) is 24.6. The summed E-state index contributed by atoms with van der Waals surface area (Å²) in [5.74, 6) is 0.000563. The maximum atomic E-state index is 12.6. The van der Waals surface area contributed by atoms with Crippen LogP contribution in [0.5, 0.6) is 0 Å². The minimum absolute atomic E-state index is 0.0244. The van der Waals surface area contributed by atoms with Gasteiger partial charge in [-0.3, -0.25) is 9.59 Å². The lowest BCUT2D eigenvalue weighted by atomic mass is 10.0. The van der Waals surface area contributed by atoms with Crippen LogP contribution in [0.25, 0.3) is 0 Å². The number of hydrogen-bond donors (Lipinski definition) is 3. The van der Waals surface area contributed by atoms with Crippen molar-refractivity contribution in [3.05, 3.63) is 0 Å². The topological polar surface area (TPSA) is 95.9 Å². The Hall–Kier alpha value is -1.14. The second kappa shape index (κ2) is 74.3. The Kier molecular flexibility index (Phi) is 73.3.